The Bertz CT molecular complexity index is 821. The standard InChI is InChI=1S/C23H34N2O9/c1-5-16(6-2)33-19(28)10-17(27)23(30)31-12-18-13(3)20(32-14(4)26)22(34-18)25-9-7-8-15(11-25)21(24)29/h7,9,11,13,16-18,20,22,27H,5-6,8,10,12H2,1-4H3,(H2,24,29)/t13-,17+,18-,20?,22-/m1/s1. The lowest BCUT2D eigenvalue weighted by atomic mass is 10.00. The quantitative estimate of drug-likeness (QED) is 0.320. The Hall–Kier alpha value is -2.92. The van der Waals surface area contributed by atoms with Gasteiger partial charge in [-0.25, -0.2) is 4.79 Å². The van der Waals surface area contributed by atoms with E-state index in [0.29, 0.717) is 24.8 Å². The third-order valence-electron chi connectivity index (χ3n) is 5.76. The Morgan fingerprint density at radius 1 is 1.26 bits per heavy atom. The van der Waals surface area contributed by atoms with Crippen molar-refractivity contribution in [1.82, 2.24) is 4.90 Å². The molecule has 5 atom stereocenters. The highest BCUT2D eigenvalue weighted by Crippen LogP contribution is 2.33. The maximum Gasteiger partial charge on any atom is 0.335 e. The zero-order valence-corrected chi connectivity index (χ0v) is 20.0. The first kappa shape index (κ1) is 27.3. The second-order valence-corrected chi connectivity index (χ2v) is 8.33. The molecule has 1 fully saturated rings. The summed E-state index contributed by atoms with van der Waals surface area (Å²) in [4.78, 5) is 49.0. The second kappa shape index (κ2) is 12.5. The minimum atomic E-state index is -1.68. The molecule has 0 aromatic carbocycles. The smallest absolute Gasteiger partial charge is 0.335 e. The minimum Gasteiger partial charge on any atom is -0.462 e. The van der Waals surface area contributed by atoms with Crippen molar-refractivity contribution >= 4 is 23.8 Å². The molecule has 2 heterocycles. The molecule has 0 saturated carbocycles. The van der Waals surface area contributed by atoms with Gasteiger partial charge in [0.15, 0.2) is 18.4 Å². The Kier molecular flexibility index (Phi) is 10.1. The van der Waals surface area contributed by atoms with Crippen LogP contribution in [0.3, 0.4) is 0 Å². The number of rotatable bonds is 11. The van der Waals surface area contributed by atoms with Crippen LogP contribution in [0.4, 0.5) is 0 Å². The number of nitrogens with two attached hydrogens (primary N) is 1. The van der Waals surface area contributed by atoms with E-state index in [1.165, 1.54) is 13.1 Å². The summed E-state index contributed by atoms with van der Waals surface area (Å²) < 4.78 is 21.8. The van der Waals surface area contributed by atoms with E-state index in [2.05, 4.69) is 0 Å². The summed E-state index contributed by atoms with van der Waals surface area (Å²) in [6.45, 7) is 6.54. The normalized spacial score (nSPS) is 25.0. The average Bonchev–Trinajstić information content (AvgIpc) is 3.10. The van der Waals surface area contributed by atoms with Gasteiger partial charge in [0.1, 0.15) is 18.8 Å². The van der Waals surface area contributed by atoms with Gasteiger partial charge >= 0.3 is 17.9 Å². The van der Waals surface area contributed by atoms with Crippen molar-refractivity contribution < 1.29 is 43.2 Å². The predicted octanol–water partition coefficient (Wildman–Crippen LogP) is 0.894. The van der Waals surface area contributed by atoms with Gasteiger partial charge in [0.2, 0.25) is 5.91 Å². The van der Waals surface area contributed by atoms with Crippen molar-refractivity contribution in [3.8, 4) is 0 Å². The number of hydrogen-bond acceptors (Lipinski definition) is 10. The molecule has 0 bridgehead atoms. The number of primary amides is 1. The van der Waals surface area contributed by atoms with Crippen molar-refractivity contribution in [2.45, 2.75) is 84.0 Å². The number of aliphatic hydroxyl groups excluding tert-OH is 1. The van der Waals surface area contributed by atoms with Crippen molar-refractivity contribution in [1.29, 1.82) is 0 Å². The van der Waals surface area contributed by atoms with Gasteiger partial charge in [-0.2, -0.15) is 0 Å². The SMILES string of the molecule is CCC(CC)OC(=O)C[C@H](O)C(=O)OC[C@H]1O[C@@H](N2C=CCC(C(N)=O)=C2)C(OC(C)=O)[C@@H]1C. The maximum atomic E-state index is 12.2. The molecule has 11 heteroatoms. The Morgan fingerprint density at radius 3 is 2.53 bits per heavy atom. The fourth-order valence-electron chi connectivity index (χ4n) is 3.73. The van der Waals surface area contributed by atoms with Crippen LogP contribution in [0.25, 0.3) is 0 Å². The summed E-state index contributed by atoms with van der Waals surface area (Å²) in [5.41, 5.74) is 5.74. The van der Waals surface area contributed by atoms with Gasteiger partial charge in [-0.05, 0) is 19.3 Å². The topological polar surface area (TPSA) is 155 Å². The summed E-state index contributed by atoms with van der Waals surface area (Å²) >= 11 is 0. The van der Waals surface area contributed by atoms with E-state index in [-0.39, 0.29) is 18.6 Å². The molecular weight excluding hydrogens is 448 g/mol. The summed E-state index contributed by atoms with van der Waals surface area (Å²) in [7, 11) is 0. The van der Waals surface area contributed by atoms with Crippen LogP contribution in [-0.4, -0.2) is 71.1 Å². The Balaban J connectivity index is 2.00. The molecule has 1 amide bonds. The molecule has 0 aromatic rings. The van der Waals surface area contributed by atoms with Gasteiger partial charge in [0.05, 0.1) is 6.42 Å². The average molecular weight is 483 g/mol. The fraction of sp³-hybridized carbons (Fsp3) is 0.652. The van der Waals surface area contributed by atoms with Gasteiger partial charge in [-0.1, -0.05) is 26.8 Å². The number of amides is 1. The van der Waals surface area contributed by atoms with E-state index in [1.807, 2.05) is 13.8 Å². The molecule has 1 saturated heterocycles. The van der Waals surface area contributed by atoms with Crippen LogP contribution >= 0.6 is 0 Å². The number of allylic oxidation sites excluding steroid dienone is 1. The zero-order valence-electron chi connectivity index (χ0n) is 20.0. The lowest BCUT2D eigenvalue weighted by Crippen LogP contribution is -2.40. The van der Waals surface area contributed by atoms with Gasteiger partial charge in [-0.15, -0.1) is 0 Å². The van der Waals surface area contributed by atoms with Crippen LogP contribution in [0, 0.1) is 5.92 Å². The highest BCUT2D eigenvalue weighted by Gasteiger charge is 2.47. The van der Waals surface area contributed by atoms with Gasteiger partial charge in [0, 0.05) is 30.8 Å². The van der Waals surface area contributed by atoms with Crippen LogP contribution in [0.2, 0.25) is 0 Å². The highest BCUT2D eigenvalue weighted by molar-refractivity contribution is 5.92. The largest absolute Gasteiger partial charge is 0.462 e. The van der Waals surface area contributed by atoms with Crippen molar-refractivity contribution in [3.05, 3.63) is 24.0 Å². The molecule has 11 nitrogen and oxygen atoms in total. The van der Waals surface area contributed by atoms with E-state index in [9.17, 15) is 24.3 Å². The number of hydrogen-bond donors (Lipinski definition) is 2. The van der Waals surface area contributed by atoms with Gasteiger partial charge < -0.3 is 34.7 Å². The van der Waals surface area contributed by atoms with Crippen LogP contribution in [0.1, 0.15) is 53.4 Å². The van der Waals surface area contributed by atoms with Crippen LogP contribution in [0.5, 0.6) is 0 Å². The first-order valence-electron chi connectivity index (χ1n) is 11.4. The Labute approximate surface area is 198 Å². The molecule has 34 heavy (non-hydrogen) atoms. The van der Waals surface area contributed by atoms with E-state index >= 15 is 0 Å². The molecule has 3 N–H and O–H groups in total. The summed E-state index contributed by atoms with van der Waals surface area (Å²) in [6.07, 6.45) is 1.91. The molecule has 2 aliphatic heterocycles. The summed E-state index contributed by atoms with van der Waals surface area (Å²) in [6, 6.07) is 0. The van der Waals surface area contributed by atoms with Crippen LogP contribution in [-0.2, 0) is 38.1 Å². The lowest BCUT2D eigenvalue weighted by molar-refractivity contribution is -0.166. The van der Waals surface area contributed by atoms with Crippen LogP contribution in [0.15, 0.2) is 24.0 Å². The van der Waals surface area contributed by atoms with Crippen molar-refractivity contribution in [2.24, 2.45) is 11.7 Å². The fourth-order valence-corrected chi connectivity index (χ4v) is 3.73. The van der Waals surface area contributed by atoms with E-state index < -0.39 is 54.8 Å². The molecule has 2 rings (SSSR count). The van der Waals surface area contributed by atoms with E-state index in [4.69, 9.17) is 24.7 Å². The van der Waals surface area contributed by atoms with E-state index in [1.54, 1.807) is 24.1 Å². The van der Waals surface area contributed by atoms with Crippen LogP contribution < -0.4 is 5.73 Å². The molecule has 0 aliphatic carbocycles. The second-order valence-electron chi connectivity index (χ2n) is 8.33. The molecule has 2 aliphatic rings. The summed E-state index contributed by atoms with van der Waals surface area (Å²) in [5, 5.41) is 10.0. The third kappa shape index (κ3) is 7.29. The zero-order chi connectivity index (χ0) is 25.4. The monoisotopic (exact) mass is 482 g/mol. The molecule has 0 radical (unpaired) electrons. The molecular formula is C23H34N2O9. The van der Waals surface area contributed by atoms with Crippen molar-refractivity contribution in [3.63, 3.8) is 0 Å². The molecule has 0 aromatic heterocycles. The lowest BCUT2D eigenvalue weighted by Gasteiger charge is -2.30. The number of aliphatic hydroxyl groups is 1. The van der Waals surface area contributed by atoms with Crippen molar-refractivity contribution in [2.75, 3.05) is 6.61 Å². The van der Waals surface area contributed by atoms with E-state index in [0.717, 1.165) is 0 Å². The molecule has 1 unspecified atom stereocenters. The molecule has 0 spiro atoms. The number of nitrogens with zero attached hydrogens (tertiary/aromatic N) is 1. The maximum absolute atomic E-state index is 12.2. The number of carbonyl (C=O) groups is 4. The Morgan fingerprint density at radius 2 is 1.94 bits per heavy atom. The first-order valence-corrected chi connectivity index (χ1v) is 11.4. The van der Waals surface area contributed by atoms with Gasteiger partial charge in [-0.3, -0.25) is 14.4 Å². The predicted molar refractivity (Wildman–Crippen MR) is 118 cm³/mol. The highest BCUT2D eigenvalue weighted by atomic mass is 16.6. The first-order chi connectivity index (χ1) is 16.1. The number of esters is 3. The molecule has 190 valence electrons. The summed E-state index contributed by atoms with van der Waals surface area (Å²) in [5.74, 6) is -3.16. The number of carbonyl (C=O) groups excluding carboxylic acids is 4. The van der Waals surface area contributed by atoms with Gasteiger partial charge in [0.25, 0.3) is 0 Å². The minimum absolute atomic E-state index is 0.239. The number of ether oxygens (including phenoxy) is 4. The third-order valence-corrected chi connectivity index (χ3v) is 5.76.